The van der Waals surface area contributed by atoms with Crippen LogP contribution >= 0.6 is 0 Å². The number of aromatic nitrogens is 2. The lowest BCUT2D eigenvalue weighted by Crippen LogP contribution is -2.26. The first kappa shape index (κ1) is 7.30. The number of hydrogen-bond acceptors (Lipinski definition) is 3. The minimum absolute atomic E-state index is 0.431. The highest BCUT2D eigenvalue weighted by Crippen LogP contribution is 2.19. The van der Waals surface area contributed by atoms with Gasteiger partial charge in [0.2, 0.25) is 6.10 Å². The fraction of sp³-hybridized carbons (Fsp3) is 0.429. The number of ether oxygens (including phenoxy) is 1. The Morgan fingerprint density at radius 3 is 3.42 bits per heavy atom. The molecule has 0 saturated heterocycles. The Morgan fingerprint density at radius 1 is 1.83 bits per heavy atom. The zero-order valence-electron chi connectivity index (χ0n) is 6.30. The van der Waals surface area contributed by atoms with Gasteiger partial charge < -0.3 is 14.4 Å². The SMILES string of the molecule is O=C(O)[C@H]1OCCn2ccnc21. The van der Waals surface area contributed by atoms with E-state index in [1.54, 1.807) is 17.0 Å². The Morgan fingerprint density at radius 2 is 2.67 bits per heavy atom. The summed E-state index contributed by atoms with van der Waals surface area (Å²) in [6.07, 6.45) is 2.45. The van der Waals surface area contributed by atoms with E-state index >= 15 is 0 Å². The number of carbonyl (C=O) groups is 1. The van der Waals surface area contributed by atoms with Crippen LogP contribution in [0.5, 0.6) is 0 Å². The van der Waals surface area contributed by atoms with Gasteiger partial charge in [-0.3, -0.25) is 0 Å². The molecule has 64 valence electrons. The molecule has 1 aliphatic heterocycles. The second-order valence-electron chi connectivity index (χ2n) is 2.57. The van der Waals surface area contributed by atoms with Crippen LogP contribution < -0.4 is 0 Å². The molecule has 5 heteroatoms. The van der Waals surface area contributed by atoms with Gasteiger partial charge in [-0.05, 0) is 0 Å². The molecule has 0 unspecified atom stereocenters. The minimum Gasteiger partial charge on any atom is -0.479 e. The summed E-state index contributed by atoms with van der Waals surface area (Å²) >= 11 is 0. The molecule has 12 heavy (non-hydrogen) atoms. The number of hydrogen-bond donors (Lipinski definition) is 1. The number of imidazole rings is 1. The summed E-state index contributed by atoms with van der Waals surface area (Å²) in [5.41, 5.74) is 0. The van der Waals surface area contributed by atoms with Crippen molar-refractivity contribution in [3.8, 4) is 0 Å². The van der Waals surface area contributed by atoms with Gasteiger partial charge in [-0.25, -0.2) is 9.78 Å². The molecule has 0 aliphatic carbocycles. The van der Waals surface area contributed by atoms with Crippen LogP contribution in [-0.2, 0) is 16.1 Å². The molecule has 5 nitrogen and oxygen atoms in total. The summed E-state index contributed by atoms with van der Waals surface area (Å²) in [4.78, 5) is 14.6. The molecule has 0 spiro atoms. The Bertz CT molecular complexity index is 307. The number of aliphatic carboxylic acids is 1. The lowest BCUT2D eigenvalue weighted by molar-refractivity contribution is -0.153. The van der Waals surface area contributed by atoms with Crippen molar-refractivity contribution in [2.75, 3.05) is 6.61 Å². The molecule has 1 atom stereocenters. The molecule has 1 N–H and O–H groups in total. The van der Waals surface area contributed by atoms with E-state index < -0.39 is 12.1 Å². The van der Waals surface area contributed by atoms with Gasteiger partial charge in [0.05, 0.1) is 6.61 Å². The van der Waals surface area contributed by atoms with Crippen LogP contribution in [0.2, 0.25) is 0 Å². The highest BCUT2D eigenvalue weighted by atomic mass is 16.5. The Kier molecular flexibility index (Phi) is 1.58. The zero-order valence-corrected chi connectivity index (χ0v) is 6.30. The van der Waals surface area contributed by atoms with E-state index in [-0.39, 0.29) is 0 Å². The van der Waals surface area contributed by atoms with Crippen molar-refractivity contribution in [1.82, 2.24) is 9.55 Å². The smallest absolute Gasteiger partial charge is 0.340 e. The van der Waals surface area contributed by atoms with Crippen LogP contribution in [0.25, 0.3) is 0 Å². The Labute approximate surface area is 68.6 Å². The quantitative estimate of drug-likeness (QED) is 0.643. The van der Waals surface area contributed by atoms with Gasteiger partial charge in [-0.2, -0.15) is 0 Å². The third kappa shape index (κ3) is 0.984. The van der Waals surface area contributed by atoms with Gasteiger partial charge in [0.1, 0.15) is 5.82 Å². The molecule has 0 saturated carbocycles. The number of carboxylic acid groups (broad SMARTS) is 1. The summed E-state index contributed by atoms with van der Waals surface area (Å²) in [5.74, 6) is -0.504. The molecular weight excluding hydrogens is 160 g/mol. The monoisotopic (exact) mass is 168 g/mol. The first-order chi connectivity index (χ1) is 5.79. The van der Waals surface area contributed by atoms with E-state index in [2.05, 4.69) is 4.98 Å². The van der Waals surface area contributed by atoms with E-state index in [4.69, 9.17) is 9.84 Å². The number of carboxylic acids is 1. The first-order valence-electron chi connectivity index (χ1n) is 3.64. The van der Waals surface area contributed by atoms with Gasteiger partial charge in [0.25, 0.3) is 0 Å². The lowest BCUT2D eigenvalue weighted by atomic mass is 10.3. The van der Waals surface area contributed by atoms with Crippen LogP contribution in [0.1, 0.15) is 11.9 Å². The van der Waals surface area contributed by atoms with E-state index in [0.717, 1.165) is 0 Å². The van der Waals surface area contributed by atoms with Crippen LogP contribution in [0.4, 0.5) is 0 Å². The summed E-state index contributed by atoms with van der Waals surface area (Å²) in [6.45, 7) is 1.11. The summed E-state index contributed by atoms with van der Waals surface area (Å²) < 4.78 is 6.84. The largest absolute Gasteiger partial charge is 0.479 e. The number of fused-ring (bicyclic) bond motifs is 1. The van der Waals surface area contributed by atoms with Gasteiger partial charge in [0, 0.05) is 18.9 Å². The van der Waals surface area contributed by atoms with Crippen LogP contribution in [-0.4, -0.2) is 27.2 Å². The predicted octanol–water partition coefficient (Wildman–Crippen LogP) is 0.0390. The summed E-state index contributed by atoms with van der Waals surface area (Å²) in [5, 5.41) is 8.73. The standard InChI is InChI=1S/C7H8N2O3/c10-7(11)5-6-8-1-2-9(6)3-4-12-5/h1-2,5H,3-4H2,(H,10,11)/t5-/m0/s1. The van der Waals surface area contributed by atoms with Crippen molar-refractivity contribution >= 4 is 5.97 Å². The molecule has 2 heterocycles. The van der Waals surface area contributed by atoms with Crippen molar-refractivity contribution in [3.05, 3.63) is 18.2 Å². The van der Waals surface area contributed by atoms with Crippen molar-refractivity contribution in [2.45, 2.75) is 12.6 Å². The van der Waals surface area contributed by atoms with E-state index in [9.17, 15) is 4.79 Å². The maximum atomic E-state index is 10.6. The van der Waals surface area contributed by atoms with Crippen LogP contribution in [0.15, 0.2) is 12.4 Å². The first-order valence-corrected chi connectivity index (χ1v) is 3.64. The van der Waals surface area contributed by atoms with Crippen LogP contribution in [0, 0.1) is 0 Å². The molecule has 0 fully saturated rings. The zero-order chi connectivity index (χ0) is 8.55. The fourth-order valence-corrected chi connectivity index (χ4v) is 1.27. The third-order valence-corrected chi connectivity index (χ3v) is 1.82. The normalized spacial score (nSPS) is 21.8. The topological polar surface area (TPSA) is 64.3 Å². The lowest BCUT2D eigenvalue weighted by Gasteiger charge is -2.20. The van der Waals surface area contributed by atoms with Crippen molar-refractivity contribution < 1.29 is 14.6 Å². The molecule has 0 amide bonds. The maximum Gasteiger partial charge on any atom is 0.340 e. The molecule has 0 radical (unpaired) electrons. The highest BCUT2D eigenvalue weighted by Gasteiger charge is 2.28. The van der Waals surface area contributed by atoms with Crippen molar-refractivity contribution in [2.24, 2.45) is 0 Å². The summed E-state index contributed by atoms with van der Waals surface area (Å²) in [6, 6.07) is 0. The van der Waals surface area contributed by atoms with Gasteiger partial charge in [-0.15, -0.1) is 0 Å². The molecule has 0 bridgehead atoms. The second-order valence-corrected chi connectivity index (χ2v) is 2.57. The molecule has 1 aliphatic rings. The van der Waals surface area contributed by atoms with Gasteiger partial charge in [0.15, 0.2) is 0 Å². The predicted molar refractivity (Wildman–Crippen MR) is 38.6 cm³/mol. The van der Waals surface area contributed by atoms with Gasteiger partial charge in [-0.1, -0.05) is 0 Å². The molecule has 2 rings (SSSR count). The fourth-order valence-electron chi connectivity index (χ4n) is 1.27. The average molecular weight is 168 g/mol. The summed E-state index contributed by atoms with van der Waals surface area (Å²) in [7, 11) is 0. The van der Waals surface area contributed by atoms with Crippen LogP contribution in [0.3, 0.4) is 0 Å². The number of rotatable bonds is 1. The highest BCUT2D eigenvalue weighted by molar-refractivity contribution is 5.73. The second kappa shape index (κ2) is 2.60. The third-order valence-electron chi connectivity index (χ3n) is 1.82. The van der Waals surface area contributed by atoms with Crippen molar-refractivity contribution in [3.63, 3.8) is 0 Å². The van der Waals surface area contributed by atoms with Gasteiger partial charge >= 0.3 is 5.97 Å². The molecule has 1 aromatic heterocycles. The maximum absolute atomic E-state index is 10.6. The minimum atomic E-state index is -0.984. The van der Waals surface area contributed by atoms with E-state index in [0.29, 0.717) is 19.0 Å². The van der Waals surface area contributed by atoms with E-state index in [1.807, 2.05) is 0 Å². The Hall–Kier alpha value is -1.36. The number of nitrogens with zero attached hydrogens (tertiary/aromatic N) is 2. The molecule has 1 aromatic rings. The van der Waals surface area contributed by atoms with Crippen molar-refractivity contribution in [1.29, 1.82) is 0 Å². The molecular formula is C7H8N2O3. The molecule has 0 aromatic carbocycles. The van der Waals surface area contributed by atoms with E-state index in [1.165, 1.54) is 0 Å². The average Bonchev–Trinajstić information content (AvgIpc) is 2.49. The Balaban J connectivity index is 2.37.